The molecular formula is C42H66N4O8. The maximum Gasteiger partial charge on any atom is 0.329 e. The molecule has 0 bridgehead atoms. The molecule has 1 N–H and O–H groups in total. The Kier molecular flexibility index (Phi) is 17.0. The number of nitrogens with zero attached hydrogens (tertiary/aromatic N) is 3. The van der Waals surface area contributed by atoms with Crippen molar-refractivity contribution < 1.29 is 38.2 Å². The molecule has 0 aliphatic carbocycles. The van der Waals surface area contributed by atoms with Crippen molar-refractivity contribution in [3.05, 3.63) is 35.9 Å². The van der Waals surface area contributed by atoms with Gasteiger partial charge in [-0.3, -0.25) is 19.2 Å². The zero-order chi connectivity index (χ0) is 40.3. The van der Waals surface area contributed by atoms with Crippen LogP contribution in [0.3, 0.4) is 0 Å². The van der Waals surface area contributed by atoms with Crippen LogP contribution in [-0.2, 0) is 44.7 Å². The average Bonchev–Trinajstić information content (AvgIpc) is 3.63. The second-order valence-electron chi connectivity index (χ2n) is 16.1. The number of ether oxygens (including phenoxy) is 2. The lowest BCUT2D eigenvalue weighted by molar-refractivity contribution is -0.170. The van der Waals surface area contributed by atoms with Gasteiger partial charge >= 0.3 is 11.9 Å². The first kappa shape index (κ1) is 44.4. The highest BCUT2D eigenvalue weighted by Gasteiger charge is 2.45. The first-order valence-corrected chi connectivity index (χ1v) is 20.1. The molecule has 0 aromatic heterocycles. The van der Waals surface area contributed by atoms with Crippen molar-refractivity contribution in [3.63, 3.8) is 0 Å². The highest BCUT2D eigenvalue weighted by molar-refractivity contribution is 5.95. The van der Waals surface area contributed by atoms with E-state index in [1.165, 1.54) is 21.7 Å². The molecule has 4 amide bonds. The minimum Gasteiger partial charge on any atom is -0.460 e. The number of cyclic esters (lactones) is 2. The molecule has 2 aliphatic rings. The van der Waals surface area contributed by atoms with Crippen molar-refractivity contribution in [3.8, 4) is 0 Å². The van der Waals surface area contributed by atoms with Crippen LogP contribution < -0.4 is 5.32 Å². The van der Waals surface area contributed by atoms with E-state index >= 15 is 0 Å². The molecule has 8 unspecified atom stereocenters. The second-order valence-corrected chi connectivity index (χ2v) is 16.1. The fourth-order valence-corrected chi connectivity index (χ4v) is 7.66. The van der Waals surface area contributed by atoms with Crippen LogP contribution in [0.4, 0.5) is 0 Å². The molecule has 1 aromatic carbocycles. The summed E-state index contributed by atoms with van der Waals surface area (Å²) < 4.78 is 12.3. The molecule has 12 nitrogen and oxygen atoms in total. The minimum absolute atomic E-state index is 0.0622. The molecule has 0 spiro atoms. The number of fused-ring (bicyclic) bond motifs is 1. The highest BCUT2D eigenvalue weighted by atomic mass is 16.6. The molecular weight excluding hydrogens is 688 g/mol. The Morgan fingerprint density at radius 2 is 1.41 bits per heavy atom. The lowest BCUT2D eigenvalue weighted by atomic mass is 9.94. The van der Waals surface area contributed by atoms with Crippen LogP contribution in [0.1, 0.15) is 112 Å². The molecule has 3 rings (SSSR count). The van der Waals surface area contributed by atoms with E-state index in [0.29, 0.717) is 25.7 Å². The summed E-state index contributed by atoms with van der Waals surface area (Å²) in [7, 11) is 3.08. The standard InChI is InChI=1S/C42H66N4O8/c1-11-13-14-18-23-32-29(8)37(47)43-34(26(3)4)40(50)45(10)36(28(7)12-2)42(52)54-33(25-30-20-16-15-17-21-30)39(49)46-24-19-22-31(46)38(48)44(9)35(27(5)6)41(51)53-32/h15-17,20-21,26-29,31-36H,11-14,18-19,22-25H2,1-10H3,(H,43,47). The Balaban J connectivity index is 2.17. The summed E-state index contributed by atoms with van der Waals surface area (Å²) >= 11 is 0. The molecule has 2 aliphatic heterocycles. The number of benzene rings is 1. The van der Waals surface area contributed by atoms with Crippen molar-refractivity contribution in [1.29, 1.82) is 0 Å². The van der Waals surface area contributed by atoms with E-state index in [1.807, 2.05) is 71.9 Å². The quantitative estimate of drug-likeness (QED) is 0.241. The smallest absolute Gasteiger partial charge is 0.329 e. The van der Waals surface area contributed by atoms with Gasteiger partial charge in [-0.1, -0.05) is 111 Å². The molecule has 2 saturated heterocycles. The van der Waals surface area contributed by atoms with Crippen LogP contribution in [0.2, 0.25) is 0 Å². The summed E-state index contributed by atoms with van der Waals surface area (Å²) in [5.41, 5.74) is 0.759. The monoisotopic (exact) mass is 754 g/mol. The number of carbonyl (C=O) groups is 6. The number of likely N-dealkylation sites (N-methyl/N-ethyl adjacent to an activating group) is 2. The number of esters is 2. The van der Waals surface area contributed by atoms with Gasteiger partial charge in [0.05, 0.1) is 5.92 Å². The highest BCUT2D eigenvalue weighted by Crippen LogP contribution is 2.27. The Bertz CT molecular complexity index is 1430. The third-order valence-electron chi connectivity index (χ3n) is 11.3. The lowest BCUT2D eigenvalue weighted by Gasteiger charge is -2.36. The third kappa shape index (κ3) is 11.1. The lowest BCUT2D eigenvalue weighted by Crippen LogP contribution is -2.58. The molecule has 2 fully saturated rings. The summed E-state index contributed by atoms with van der Waals surface area (Å²) in [6, 6.07) is 5.26. The molecule has 12 heteroatoms. The number of unbranched alkanes of at least 4 members (excludes halogenated alkanes) is 3. The van der Waals surface area contributed by atoms with Crippen molar-refractivity contribution in [1.82, 2.24) is 20.0 Å². The topological polar surface area (TPSA) is 143 Å². The van der Waals surface area contributed by atoms with Gasteiger partial charge in [-0.05, 0) is 49.0 Å². The zero-order valence-electron chi connectivity index (χ0n) is 34.3. The van der Waals surface area contributed by atoms with Gasteiger partial charge in [0, 0.05) is 27.1 Å². The van der Waals surface area contributed by atoms with E-state index in [9.17, 15) is 28.8 Å². The van der Waals surface area contributed by atoms with E-state index in [1.54, 1.807) is 14.0 Å². The van der Waals surface area contributed by atoms with Gasteiger partial charge in [-0.2, -0.15) is 0 Å². The molecule has 2 heterocycles. The number of carbonyl (C=O) groups excluding carboxylic acids is 6. The van der Waals surface area contributed by atoms with Crippen molar-refractivity contribution in [2.45, 2.75) is 150 Å². The van der Waals surface area contributed by atoms with E-state index in [0.717, 1.165) is 31.2 Å². The number of nitrogens with one attached hydrogen (secondary N) is 1. The molecule has 54 heavy (non-hydrogen) atoms. The SMILES string of the molecule is CCCCCCC1OC(=O)C(C(C)C)N(C)C(=O)C2CCCN2C(=O)C(Cc2ccccc2)OC(=O)C(C(C)CC)N(C)C(=O)C(C(C)C)NC(=O)C1C. The average molecular weight is 755 g/mol. The molecule has 302 valence electrons. The molecule has 0 saturated carbocycles. The third-order valence-corrected chi connectivity index (χ3v) is 11.3. The molecule has 1 aromatic rings. The van der Waals surface area contributed by atoms with Gasteiger partial charge in [-0.15, -0.1) is 0 Å². The summed E-state index contributed by atoms with van der Waals surface area (Å²) in [5, 5.41) is 2.93. The second kappa shape index (κ2) is 20.6. The predicted octanol–water partition coefficient (Wildman–Crippen LogP) is 5.16. The van der Waals surface area contributed by atoms with Gasteiger partial charge in [0.2, 0.25) is 17.7 Å². The molecule has 0 radical (unpaired) electrons. The summed E-state index contributed by atoms with van der Waals surface area (Å²) in [5.74, 6) is -5.08. The van der Waals surface area contributed by atoms with E-state index < -0.39 is 77.9 Å². The zero-order valence-corrected chi connectivity index (χ0v) is 34.3. The van der Waals surface area contributed by atoms with Crippen LogP contribution >= 0.6 is 0 Å². The Morgan fingerprint density at radius 1 is 0.778 bits per heavy atom. The van der Waals surface area contributed by atoms with Crippen molar-refractivity contribution in [2.75, 3.05) is 20.6 Å². The fraction of sp³-hybridized carbons (Fsp3) is 0.714. The van der Waals surface area contributed by atoms with Crippen LogP contribution in [0.25, 0.3) is 0 Å². The van der Waals surface area contributed by atoms with Gasteiger partial charge < -0.3 is 29.5 Å². The van der Waals surface area contributed by atoms with Crippen LogP contribution in [0.5, 0.6) is 0 Å². The van der Waals surface area contributed by atoms with Crippen LogP contribution in [0.15, 0.2) is 30.3 Å². The van der Waals surface area contributed by atoms with Gasteiger partial charge in [0.1, 0.15) is 30.3 Å². The fourth-order valence-electron chi connectivity index (χ4n) is 7.66. The normalized spacial score (nSPS) is 27.6. The van der Waals surface area contributed by atoms with Crippen molar-refractivity contribution in [2.24, 2.45) is 23.7 Å². The number of rotatable bonds is 11. The Morgan fingerprint density at radius 3 is 2.00 bits per heavy atom. The minimum atomic E-state index is -1.28. The Labute approximate surface area is 323 Å². The van der Waals surface area contributed by atoms with Crippen molar-refractivity contribution >= 4 is 35.6 Å². The maximum absolute atomic E-state index is 14.5. The number of hydrogen-bond acceptors (Lipinski definition) is 8. The van der Waals surface area contributed by atoms with Gasteiger partial charge in [-0.25, -0.2) is 9.59 Å². The first-order chi connectivity index (χ1) is 25.5. The summed E-state index contributed by atoms with van der Waals surface area (Å²) in [6.45, 7) is 15.1. The predicted molar refractivity (Wildman–Crippen MR) is 207 cm³/mol. The van der Waals surface area contributed by atoms with Crippen LogP contribution in [-0.4, -0.2) is 107 Å². The van der Waals surface area contributed by atoms with Gasteiger partial charge in [0.25, 0.3) is 5.91 Å². The summed E-state index contributed by atoms with van der Waals surface area (Å²) in [6.07, 6.45) is 3.47. The van der Waals surface area contributed by atoms with Crippen LogP contribution in [0, 0.1) is 23.7 Å². The number of hydrogen-bond donors (Lipinski definition) is 1. The van der Waals surface area contributed by atoms with Gasteiger partial charge in [0.15, 0.2) is 6.10 Å². The Hall–Kier alpha value is -3.96. The summed E-state index contributed by atoms with van der Waals surface area (Å²) in [4.78, 5) is 89.7. The van der Waals surface area contributed by atoms with E-state index in [4.69, 9.17) is 9.47 Å². The largest absolute Gasteiger partial charge is 0.460 e. The van der Waals surface area contributed by atoms with E-state index in [-0.39, 0.29) is 30.7 Å². The maximum atomic E-state index is 14.5. The molecule has 8 atom stereocenters. The number of amides is 4. The van der Waals surface area contributed by atoms with E-state index in [2.05, 4.69) is 12.2 Å². The first-order valence-electron chi connectivity index (χ1n) is 20.1.